The zero-order chi connectivity index (χ0) is 13.9. The van der Waals surface area contributed by atoms with Gasteiger partial charge in [0.15, 0.2) is 0 Å². The molecule has 2 fully saturated rings. The molecule has 2 heteroatoms. The lowest BCUT2D eigenvalue weighted by molar-refractivity contribution is 0.348. The van der Waals surface area contributed by atoms with E-state index in [1.54, 1.807) is 12.1 Å². The fraction of sp³-hybridized carbons (Fsp3) is 0.667. The minimum absolute atomic E-state index is 0.135. The van der Waals surface area contributed by atoms with Crippen LogP contribution in [0, 0.1) is 17.7 Å². The van der Waals surface area contributed by atoms with Crippen LogP contribution in [0.4, 0.5) is 4.39 Å². The molecule has 1 atom stereocenters. The van der Waals surface area contributed by atoms with Crippen molar-refractivity contribution in [3.05, 3.63) is 35.6 Å². The first-order valence-electron chi connectivity index (χ1n) is 8.29. The van der Waals surface area contributed by atoms with Crippen LogP contribution in [-0.4, -0.2) is 6.04 Å². The highest BCUT2D eigenvalue weighted by Gasteiger charge is 2.42. The number of unbranched alkanes of at least 4 members (excludes halogenated alkanes) is 1. The van der Waals surface area contributed by atoms with Crippen molar-refractivity contribution < 1.29 is 4.39 Å². The van der Waals surface area contributed by atoms with Gasteiger partial charge in [-0.15, -0.1) is 0 Å². The summed E-state index contributed by atoms with van der Waals surface area (Å²) in [6, 6.07) is 8.22. The van der Waals surface area contributed by atoms with Crippen molar-refractivity contribution in [3.63, 3.8) is 0 Å². The molecule has 0 heterocycles. The van der Waals surface area contributed by atoms with Crippen LogP contribution in [0.3, 0.4) is 0 Å². The Morgan fingerprint density at radius 2 is 1.70 bits per heavy atom. The van der Waals surface area contributed by atoms with Gasteiger partial charge in [-0.2, -0.15) is 0 Å². The summed E-state index contributed by atoms with van der Waals surface area (Å²) in [4.78, 5) is 0. The van der Waals surface area contributed by atoms with E-state index >= 15 is 0 Å². The van der Waals surface area contributed by atoms with E-state index in [4.69, 9.17) is 0 Å². The highest BCUT2D eigenvalue weighted by atomic mass is 19.1. The van der Waals surface area contributed by atoms with Gasteiger partial charge in [-0.25, -0.2) is 4.39 Å². The number of hydrogen-bond acceptors (Lipinski definition) is 1. The zero-order valence-electron chi connectivity index (χ0n) is 12.4. The quantitative estimate of drug-likeness (QED) is 0.716. The Balaban J connectivity index is 1.69. The van der Waals surface area contributed by atoms with E-state index in [9.17, 15) is 4.39 Å². The van der Waals surface area contributed by atoms with Crippen LogP contribution >= 0.6 is 0 Å². The van der Waals surface area contributed by atoms with E-state index in [0.29, 0.717) is 12.1 Å². The normalized spacial score (nSPS) is 20.4. The fourth-order valence-corrected chi connectivity index (χ4v) is 3.25. The first kappa shape index (κ1) is 14.1. The summed E-state index contributed by atoms with van der Waals surface area (Å²) in [5, 5.41) is 3.93. The van der Waals surface area contributed by atoms with Crippen LogP contribution in [0.5, 0.6) is 0 Å². The molecule has 1 nitrogen and oxygen atoms in total. The predicted molar refractivity (Wildman–Crippen MR) is 81.0 cm³/mol. The molecule has 1 aromatic rings. The Morgan fingerprint density at radius 3 is 2.20 bits per heavy atom. The second-order valence-electron chi connectivity index (χ2n) is 6.61. The molecule has 3 rings (SSSR count). The molecule has 2 saturated carbocycles. The van der Waals surface area contributed by atoms with Crippen molar-refractivity contribution in [1.29, 1.82) is 0 Å². The third kappa shape index (κ3) is 3.60. The highest BCUT2D eigenvalue weighted by molar-refractivity contribution is 5.20. The van der Waals surface area contributed by atoms with E-state index in [-0.39, 0.29) is 5.82 Å². The molecule has 1 unspecified atom stereocenters. The minimum atomic E-state index is -0.135. The predicted octanol–water partition coefficient (Wildman–Crippen LogP) is 4.84. The standard InChI is InChI=1S/C18H26FN/c1-2-3-4-17(13-9-11-16(19)12-10-13)20-18(14-5-6-14)15-7-8-15/h9-12,14-15,17-18,20H,2-8H2,1H3. The molecule has 0 aliphatic heterocycles. The van der Waals surface area contributed by atoms with E-state index in [2.05, 4.69) is 12.2 Å². The lowest BCUT2D eigenvalue weighted by Gasteiger charge is -2.26. The van der Waals surface area contributed by atoms with Crippen molar-refractivity contribution in [3.8, 4) is 0 Å². The smallest absolute Gasteiger partial charge is 0.123 e. The average Bonchev–Trinajstić information content (AvgIpc) is 3.33. The molecular formula is C18H26FN. The van der Waals surface area contributed by atoms with Gasteiger partial charge in [-0.05, 0) is 61.6 Å². The van der Waals surface area contributed by atoms with Crippen molar-refractivity contribution in [2.45, 2.75) is 64.0 Å². The number of nitrogens with one attached hydrogen (secondary N) is 1. The van der Waals surface area contributed by atoms with Crippen LogP contribution in [0.2, 0.25) is 0 Å². The molecule has 0 radical (unpaired) electrons. The first-order chi connectivity index (χ1) is 9.78. The number of halogens is 1. The van der Waals surface area contributed by atoms with E-state index in [1.165, 1.54) is 44.1 Å². The summed E-state index contributed by atoms with van der Waals surface area (Å²) in [5.41, 5.74) is 1.26. The molecule has 2 aliphatic carbocycles. The molecular weight excluding hydrogens is 249 g/mol. The van der Waals surface area contributed by atoms with Crippen molar-refractivity contribution in [1.82, 2.24) is 5.32 Å². The Labute approximate surface area is 122 Å². The minimum Gasteiger partial charge on any atom is -0.307 e. The van der Waals surface area contributed by atoms with Gasteiger partial charge < -0.3 is 5.32 Å². The Bertz CT molecular complexity index is 408. The van der Waals surface area contributed by atoms with Crippen LogP contribution in [0.15, 0.2) is 24.3 Å². The lowest BCUT2D eigenvalue weighted by Crippen LogP contribution is -2.36. The molecule has 0 aromatic heterocycles. The molecule has 2 aliphatic rings. The van der Waals surface area contributed by atoms with Gasteiger partial charge in [0.25, 0.3) is 0 Å². The summed E-state index contributed by atoms with van der Waals surface area (Å²) >= 11 is 0. The van der Waals surface area contributed by atoms with Gasteiger partial charge in [0.2, 0.25) is 0 Å². The third-order valence-electron chi connectivity index (χ3n) is 4.77. The topological polar surface area (TPSA) is 12.0 Å². The second kappa shape index (κ2) is 6.26. The largest absolute Gasteiger partial charge is 0.307 e. The van der Waals surface area contributed by atoms with Crippen molar-refractivity contribution in [2.24, 2.45) is 11.8 Å². The summed E-state index contributed by atoms with van der Waals surface area (Å²) in [6.45, 7) is 2.24. The zero-order valence-corrected chi connectivity index (χ0v) is 12.4. The van der Waals surface area contributed by atoms with Crippen molar-refractivity contribution in [2.75, 3.05) is 0 Å². The molecule has 20 heavy (non-hydrogen) atoms. The Hall–Kier alpha value is -0.890. The van der Waals surface area contributed by atoms with Gasteiger partial charge in [-0.1, -0.05) is 31.9 Å². The summed E-state index contributed by atoms with van der Waals surface area (Å²) in [7, 11) is 0. The summed E-state index contributed by atoms with van der Waals surface area (Å²) < 4.78 is 13.1. The van der Waals surface area contributed by atoms with Crippen molar-refractivity contribution >= 4 is 0 Å². The fourth-order valence-electron chi connectivity index (χ4n) is 3.25. The van der Waals surface area contributed by atoms with Crippen LogP contribution in [0.25, 0.3) is 0 Å². The number of benzene rings is 1. The van der Waals surface area contributed by atoms with Gasteiger partial charge in [0.1, 0.15) is 5.82 Å². The van der Waals surface area contributed by atoms with E-state index in [1.807, 2.05) is 12.1 Å². The van der Waals surface area contributed by atoms with Crippen LogP contribution in [-0.2, 0) is 0 Å². The monoisotopic (exact) mass is 275 g/mol. The third-order valence-corrected chi connectivity index (χ3v) is 4.77. The second-order valence-corrected chi connectivity index (χ2v) is 6.61. The molecule has 0 saturated heterocycles. The molecule has 0 bridgehead atoms. The first-order valence-corrected chi connectivity index (χ1v) is 8.29. The lowest BCUT2D eigenvalue weighted by atomic mass is 9.97. The van der Waals surface area contributed by atoms with E-state index < -0.39 is 0 Å². The maximum Gasteiger partial charge on any atom is 0.123 e. The molecule has 0 amide bonds. The maximum absolute atomic E-state index is 13.1. The number of hydrogen-bond donors (Lipinski definition) is 1. The van der Waals surface area contributed by atoms with Gasteiger partial charge in [-0.3, -0.25) is 0 Å². The van der Waals surface area contributed by atoms with Gasteiger partial charge in [0, 0.05) is 12.1 Å². The van der Waals surface area contributed by atoms with Gasteiger partial charge >= 0.3 is 0 Å². The molecule has 110 valence electrons. The SMILES string of the molecule is CCCCC(NC(C1CC1)C1CC1)c1ccc(F)cc1. The molecule has 0 spiro atoms. The maximum atomic E-state index is 13.1. The Morgan fingerprint density at radius 1 is 1.10 bits per heavy atom. The van der Waals surface area contributed by atoms with Gasteiger partial charge in [0.05, 0.1) is 0 Å². The number of rotatable bonds is 8. The summed E-state index contributed by atoms with van der Waals surface area (Å²) in [5.74, 6) is 1.68. The highest BCUT2D eigenvalue weighted by Crippen LogP contribution is 2.45. The average molecular weight is 275 g/mol. The van der Waals surface area contributed by atoms with Crippen LogP contribution < -0.4 is 5.32 Å². The Kier molecular flexibility index (Phi) is 4.40. The molecule has 1 N–H and O–H groups in total. The van der Waals surface area contributed by atoms with E-state index in [0.717, 1.165) is 18.3 Å². The van der Waals surface area contributed by atoms with Crippen LogP contribution in [0.1, 0.15) is 63.5 Å². The summed E-state index contributed by atoms with van der Waals surface area (Å²) in [6.07, 6.45) is 9.22. The molecule has 1 aromatic carbocycles.